The van der Waals surface area contributed by atoms with Crippen molar-refractivity contribution in [2.75, 3.05) is 19.8 Å². The second-order valence-electron chi connectivity index (χ2n) is 5.45. The first-order valence-corrected chi connectivity index (χ1v) is 8.78. The first-order chi connectivity index (χ1) is 9.86. The van der Waals surface area contributed by atoms with E-state index in [4.69, 9.17) is 10.5 Å². The minimum atomic E-state index is -3.51. The van der Waals surface area contributed by atoms with Crippen molar-refractivity contribution in [3.63, 3.8) is 0 Å². The Labute approximate surface area is 127 Å². The van der Waals surface area contributed by atoms with Gasteiger partial charge in [0.05, 0.1) is 11.5 Å². The Kier molecular flexibility index (Phi) is 7.31. The van der Waals surface area contributed by atoms with Gasteiger partial charge >= 0.3 is 0 Å². The molecule has 6 heteroatoms. The molecule has 0 heterocycles. The highest BCUT2D eigenvalue weighted by molar-refractivity contribution is 7.89. The molecule has 1 aromatic carbocycles. The summed E-state index contributed by atoms with van der Waals surface area (Å²) < 4.78 is 32.3. The Morgan fingerprint density at radius 2 is 2.05 bits per heavy atom. The van der Waals surface area contributed by atoms with Gasteiger partial charge in [0.2, 0.25) is 10.0 Å². The molecule has 0 aliphatic heterocycles. The number of benzene rings is 1. The van der Waals surface area contributed by atoms with Crippen LogP contribution in [-0.2, 0) is 14.8 Å². The Hall–Kier alpha value is -0.950. The van der Waals surface area contributed by atoms with E-state index < -0.39 is 10.0 Å². The van der Waals surface area contributed by atoms with E-state index in [0.29, 0.717) is 19.1 Å². The van der Waals surface area contributed by atoms with Crippen molar-refractivity contribution in [2.24, 2.45) is 11.7 Å². The van der Waals surface area contributed by atoms with Crippen LogP contribution in [0.4, 0.5) is 0 Å². The molecule has 0 amide bonds. The first-order valence-electron chi connectivity index (χ1n) is 7.29. The standard InChI is InChI=1S/C15H26N2O3S/c1-4-15(16)13-6-5-7-14(10-13)21(18,19)17-8-9-20-11-12(2)3/h5-7,10,12,15,17H,4,8-9,11,16H2,1-3H3. The summed E-state index contributed by atoms with van der Waals surface area (Å²) in [6, 6.07) is 6.62. The van der Waals surface area contributed by atoms with Gasteiger partial charge in [0, 0.05) is 19.2 Å². The maximum Gasteiger partial charge on any atom is 0.240 e. The molecule has 0 aromatic heterocycles. The molecule has 0 radical (unpaired) electrons. The second-order valence-corrected chi connectivity index (χ2v) is 7.22. The molecule has 21 heavy (non-hydrogen) atoms. The molecule has 0 fully saturated rings. The Bertz CT molecular complexity index is 529. The summed E-state index contributed by atoms with van der Waals surface area (Å²) in [5, 5.41) is 0. The van der Waals surface area contributed by atoms with Gasteiger partial charge in [-0.25, -0.2) is 13.1 Å². The lowest BCUT2D eigenvalue weighted by molar-refractivity contribution is 0.114. The molecule has 0 aliphatic rings. The maximum atomic E-state index is 12.2. The monoisotopic (exact) mass is 314 g/mol. The van der Waals surface area contributed by atoms with Gasteiger partial charge in [-0.3, -0.25) is 0 Å². The smallest absolute Gasteiger partial charge is 0.240 e. The molecule has 0 spiro atoms. The van der Waals surface area contributed by atoms with E-state index >= 15 is 0 Å². The predicted molar refractivity (Wildman–Crippen MR) is 84.5 cm³/mol. The number of sulfonamides is 1. The molecule has 1 rings (SSSR count). The van der Waals surface area contributed by atoms with Crippen LogP contribution in [0.5, 0.6) is 0 Å². The number of nitrogens with one attached hydrogen (secondary N) is 1. The van der Waals surface area contributed by atoms with Crippen molar-refractivity contribution in [3.8, 4) is 0 Å². The zero-order valence-corrected chi connectivity index (χ0v) is 13.8. The van der Waals surface area contributed by atoms with Gasteiger partial charge < -0.3 is 10.5 Å². The lowest BCUT2D eigenvalue weighted by Gasteiger charge is -2.12. The highest BCUT2D eigenvalue weighted by Crippen LogP contribution is 2.18. The Morgan fingerprint density at radius 1 is 1.33 bits per heavy atom. The van der Waals surface area contributed by atoms with Crippen LogP contribution in [-0.4, -0.2) is 28.2 Å². The van der Waals surface area contributed by atoms with Crippen molar-refractivity contribution >= 4 is 10.0 Å². The molecule has 0 saturated heterocycles. The van der Waals surface area contributed by atoms with Crippen molar-refractivity contribution < 1.29 is 13.2 Å². The van der Waals surface area contributed by atoms with Crippen LogP contribution < -0.4 is 10.5 Å². The van der Waals surface area contributed by atoms with Crippen LogP contribution in [0.3, 0.4) is 0 Å². The number of rotatable bonds is 9. The Morgan fingerprint density at radius 3 is 2.67 bits per heavy atom. The van der Waals surface area contributed by atoms with E-state index in [1.54, 1.807) is 18.2 Å². The van der Waals surface area contributed by atoms with E-state index in [-0.39, 0.29) is 17.5 Å². The molecular formula is C15H26N2O3S. The molecule has 1 unspecified atom stereocenters. The van der Waals surface area contributed by atoms with E-state index in [0.717, 1.165) is 12.0 Å². The van der Waals surface area contributed by atoms with Gasteiger partial charge in [0.25, 0.3) is 0 Å². The van der Waals surface area contributed by atoms with Crippen molar-refractivity contribution in [1.29, 1.82) is 0 Å². The maximum absolute atomic E-state index is 12.2. The lowest BCUT2D eigenvalue weighted by Crippen LogP contribution is -2.28. The molecule has 1 aromatic rings. The highest BCUT2D eigenvalue weighted by Gasteiger charge is 2.15. The zero-order valence-electron chi connectivity index (χ0n) is 13.0. The van der Waals surface area contributed by atoms with E-state index in [1.807, 2.05) is 26.8 Å². The lowest BCUT2D eigenvalue weighted by atomic mass is 10.1. The van der Waals surface area contributed by atoms with Crippen molar-refractivity contribution in [1.82, 2.24) is 4.72 Å². The van der Waals surface area contributed by atoms with Crippen LogP contribution in [0.15, 0.2) is 29.2 Å². The van der Waals surface area contributed by atoms with Gasteiger partial charge in [-0.2, -0.15) is 0 Å². The van der Waals surface area contributed by atoms with Crippen LogP contribution in [0.2, 0.25) is 0 Å². The predicted octanol–water partition coefficient (Wildman–Crippen LogP) is 2.05. The summed E-state index contributed by atoms with van der Waals surface area (Å²) >= 11 is 0. The summed E-state index contributed by atoms with van der Waals surface area (Å²) in [5.41, 5.74) is 6.77. The SMILES string of the molecule is CCC(N)c1cccc(S(=O)(=O)NCCOCC(C)C)c1. The van der Waals surface area contributed by atoms with Gasteiger partial charge in [-0.05, 0) is 30.0 Å². The van der Waals surface area contributed by atoms with Crippen LogP contribution in [0, 0.1) is 5.92 Å². The third-order valence-electron chi connectivity index (χ3n) is 3.03. The summed E-state index contributed by atoms with van der Waals surface area (Å²) in [5.74, 6) is 0.439. The topological polar surface area (TPSA) is 81.4 Å². The Balaban J connectivity index is 2.62. The molecule has 0 saturated carbocycles. The van der Waals surface area contributed by atoms with E-state index in [9.17, 15) is 8.42 Å². The highest BCUT2D eigenvalue weighted by atomic mass is 32.2. The van der Waals surface area contributed by atoms with Gasteiger partial charge in [0.15, 0.2) is 0 Å². The quantitative estimate of drug-likeness (QED) is 0.684. The van der Waals surface area contributed by atoms with Crippen LogP contribution >= 0.6 is 0 Å². The second kappa shape index (κ2) is 8.48. The largest absolute Gasteiger partial charge is 0.380 e. The fourth-order valence-electron chi connectivity index (χ4n) is 1.80. The van der Waals surface area contributed by atoms with E-state index in [2.05, 4.69) is 4.72 Å². The zero-order chi connectivity index (χ0) is 15.9. The molecule has 0 aliphatic carbocycles. The average molecular weight is 314 g/mol. The molecule has 0 bridgehead atoms. The third-order valence-corrected chi connectivity index (χ3v) is 4.48. The fourth-order valence-corrected chi connectivity index (χ4v) is 2.87. The van der Waals surface area contributed by atoms with Gasteiger partial charge in [-0.1, -0.05) is 32.9 Å². The van der Waals surface area contributed by atoms with Crippen molar-refractivity contribution in [2.45, 2.75) is 38.1 Å². The molecule has 1 atom stereocenters. The number of ether oxygens (including phenoxy) is 1. The first kappa shape index (κ1) is 18.1. The van der Waals surface area contributed by atoms with Crippen molar-refractivity contribution in [3.05, 3.63) is 29.8 Å². The van der Waals surface area contributed by atoms with E-state index in [1.165, 1.54) is 0 Å². The van der Waals surface area contributed by atoms with Crippen LogP contribution in [0.25, 0.3) is 0 Å². The molecule has 3 N–H and O–H groups in total. The summed E-state index contributed by atoms with van der Waals surface area (Å²) in [7, 11) is -3.51. The molecule has 5 nitrogen and oxygen atoms in total. The third kappa shape index (κ3) is 6.13. The number of hydrogen-bond acceptors (Lipinski definition) is 4. The normalized spacial score (nSPS) is 13.6. The summed E-state index contributed by atoms with van der Waals surface area (Å²) in [4.78, 5) is 0.243. The fraction of sp³-hybridized carbons (Fsp3) is 0.600. The average Bonchev–Trinajstić information content (AvgIpc) is 2.45. The number of nitrogens with two attached hydrogens (primary N) is 1. The van der Waals surface area contributed by atoms with Gasteiger partial charge in [0.1, 0.15) is 0 Å². The van der Waals surface area contributed by atoms with Gasteiger partial charge in [-0.15, -0.1) is 0 Å². The molecule has 120 valence electrons. The summed E-state index contributed by atoms with van der Waals surface area (Å²) in [6.45, 7) is 7.32. The summed E-state index contributed by atoms with van der Waals surface area (Å²) in [6.07, 6.45) is 0.764. The molecular weight excluding hydrogens is 288 g/mol. The van der Waals surface area contributed by atoms with Crippen LogP contribution in [0.1, 0.15) is 38.8 Å². The minimum Gasteiger partial charge on any atom is -0.380 e. The number of hydrogen-bond donors (Lipinski definition) is 2. The minimum absolute atomic E-state index is 0.144.